The number of hydrogen-bond acceptors (Lipinski definition) is 3. The lowest BCUT2D eigenvalue weighted by Crippen LogP contribution is -2.58. The predicted octanol–water partition coefficient (Wildman–Crippen LogP) is 3.85. The summed E-state index contributed by atoms with van der Waals surface area (Å²) >= 11 is 0. The largest absolute Gasteiger partial charge is 0.497 e. The average Bonchev–Trinajstić information content (AvgIpc) is 2.34. The van der Waals surface area contributed by atoms with Gasteiger partial charge in [0.1, 0.15) is 11.6 Å². The summed E-state index contributed by atoms with van der Waals surface area (Å²) in [5, 5.41) is 2.71. The fraction of sp³-hybridized carbons (Fsp3) is 0.667. The van der Waals surface area contributed by atoms with Gasteiger partial charge < -0.3 is 14.2 Å². The smallest absolute Gasteiger partial charge is 0.293 e. The van der Waals surface area contributed by atoms with Crippen LogP contribution in [0.25, 0.3) is 0 Å². The molecule has 5 heteroatoms. The van der Waals surface area contributed by atoms with Crippen molar-refractivity contribution in [1.29, 1.82) is 0 Å². The van der Waals surface area contributed by atoms with Crippen molar-refractivity contribution in [2.45, 2.75) is 51.6 Å². The van der Waals surface area contributed by atoms with Gasteiger partial charge in [-0.2, -0.15) is 0 Å². The molecular weight excluding hydrogens is 271 g/mol. The standard InChI is InChI=1S/C15H27FN2OSi/c1-14(2,3)20(16,15(4,5)6)12-10-18-13(17-7)9-11(12)19-8/h9-10H,1-8H3,(H,17,18). The predicted molar refractivity (Wildman–Crippen MR) is 86.3 cm³/mol. The van der Waals surface area contributed by atoms with Gasteiger partial charge in [0.05, 0.1) is 7.11 Å². The van der Waals surface area contributed by atoms with Crippen LogP contribution in [0.1, 0.15) is 41.5 Å². The highest BCUT2D eigenvalue weighted by atomic mass is 28.4. The van der Waals surface area contributed by atoms with E-state index in [1.165, 1.54) is 0 Å². The topological polar surface area (TPSA) is 34.1 Å². The van der Waals surface area contributed by atoms with Gasteiger partial charge in [0.15, 0.2) is 0 Å². The number of halogens is 1. The van der Waals surface area contributed by atoms with Crippen molar-refractivity contribution < 1.29 is 8.84 Å². The normalized spacial score (nSPS) is 13.2. The molecule has 1 aromatic rings. The lowest BCUT2D eigenvalue weighted by atomic mass is 10.2. The number of pyridine rings is 1. The molecule has 114 valence electrons. The Balaban J connectivity index is 3.59. The van der Waals surface area contributed by atoms with Gasteiger partial charge in [-0.25, -0.2) is 4.98 Å². The molecule has 0 aliphatic heterocycles. The van der Waals surface area contributed by atoms with Crippen LogP contribution < -0.4 is 15.2 Å². The van der Waals surface area contributed by atoms with Gasteiger partial charge in [0.2, 0.25) is 0 Å². The molecule has 0 aromatic carbocycles. The molecule has 0 fully saturated rings. The van der Waals surface area contributed by atoms with E-state index >= 15 is 4.11 Å². The molecule has 0 bridgehead atoms. The first-order valence-electron chi connectivity index (χ1n) is 6.90. The zero-order valence-electron chi connectivity index (χ0n) is 13.9. The van der Waals surface area contributed by atoms with E-state index in [4.69, 9.17) is 4.74 Å². The van der Waals surface area contributed by atoms with Crippen molar-refractivity contribution >= 4 is 19.4 Å². The van der Waals surface area contributed by atoms with Crippen LogP contribution in [0.3, 0.4) is 0 Å². The highest BCUT2D eigenvalue weighted by Crippen LogP contribution is 2.52. The zero-order valence-corrected chi connectivity index (χ0v) is 14.9. The Labute approximate surface area is 123 Å². The van der Waals surface area contributed by atoms with E-state index < -0.39 is 18.5 Å². The molecule has 0 saturated carbocycles. The second-order valence-electron chi connectivity index (χ2n) is 7.18. The third-order valence-electron chi connectivity index (χ3n) is 3.78. The average molecular weight is 298 g/mol. The van der Waals surface area contributed by atoms with E-state index in [2.05, 4.69) is 10.3 Å². The highest BCUT2D eigenvalue weighted by Gasteiger charge is 2.58. The fourth-order valence-corrected chi connectivity index (χ4v) is 7.56. The first-order valence-corrected chi connectivity index (χ1v) is 8.78. The number of rotatable bonds is 3. The number of aromatic nitrogens is 1. The number of anilines is 1. The van der Waals surface area contributed by atoms with Crippen LogP contribution in [0, 0.1) is 0 Å². The Bertz CT molecular complexity index is 464. The van der Waals surface area contributed by atoms with Gasteiger partial charge in [0.25, 0.3) is 8.41 Å². The van der Waals surface area contributed by atoms with Crippen LogP contribution in [0.5, 0.6) is 5.75 Å². The van der Waals surface area contributed by atoms with Crippen molar-refractivity contribution in [3.05, 3.63) is 12.3 Å². The molecule has 0 aliphatic rings. The van der Waals surface area contributed by atoms with Crippen molar-refractivity contribution in [2.24, 2.45) is 0 Å². The van der Waals surface area contributed by atoms with Gasteiger partial charge in [-0.3, -0.25) is 0 Å². The van der Waals surface area contributed by atoms with Gasteiger partial charge in [-0.05, 0) is 10.1 Å². The Morgan fingerprint density at radius 2 is 1.65 bits per heavy atom. The number of methoxy groups -OCH3 is 1. The molecule has 0 atom stereocenters. The Hall–Kier alpha value is -1.10. The Morgan fingerprint density at radius 1 is 1.15 bits per heavy atom. The molecule has 1 heterocycles. The maximum atomic E-state index is 16.2. The van der Waals surface area contributed by atoms with E-state index in [9.17, 15) is 0 Å². The molecule has 0 radical (unpaired) electrons. The van der Waals surface area contributed by atoms with Crippen molar-refractivity contribution in [1.82, 2.24) is 4.98 Å². The van der Waals surface area contributed by atoms with Crippen LogP contribution in [0.2, 0.25) is 10.1 Å². The summed E-state index contributed by atoms with van der Waals surface area (Å²) < 4.78 is 21.7. The number of nitrogens with zero attached hydrogens (tertiary/aromatic N) is 1. The summed E-state index contributed by atoms with van der Waals surface area (Å²) in [6.45, 7) is 11.8. The molecule has 3 nitrogen and oxygen atoms in total. The Morgan fingerprint density at radius 3 is 2.00 bits per heavy atom. The molecule has 0 amide bonds. The van der Waals surface area contributed by atoms with Gasteiger partial charge in [-0.15, -0.1) is 0 Å². The maximum absolute atomic E-state index is 16.2. The molecule has 0 aliphatic carbocycles. The maximum Gasteiger partial charge on any atom is 0.293 e. The quantitative estimate of drug-likeness (QED) is 0.680. The van der Waals surface area contributed by atoms with Gasteiger partial charge >= 0.3 is 0 Å². The number of ether oxygens (including phenoxy) is 1. The van der Waals surface area contributed by atoms with Crippen LogP contribution in [0.4, 0.5) is 9.93 Å². The second-order valence-corrected chi connectivity index (χ2v) is 12.0. The minimum atomic E-state index is -3.35. The highest BCUT2D eigenvalue weighted by molar-refractivity contribution is 6.91. The third-order valence-corrected chi connectivity index (χ3v) is 9.03. The third kappa shape index (κ3) is 2.68. The zero-order chi connectivity index (χ0) is 15.8. The molecule has 0 unspecified atom stereocenters. The van der Waals surface area contributed by atoms with Crippen LogP contribution >= 0.6 is 0 Å². The SMILES string of the molecule is CNc1cc(OC)c([Si](F)(C(C)(C)C)C(C)(C)C)cn1. The van der Waals surface area contributed by atoms with Crippen molar-refractivity contribution in [2.75, 3.05) is 19.5 Å². The van der Waals surface area contributed by atoms with Crippen molar-refractivity contribution in [3.8, 4) is 5.75 Å². The molecule has 1 aromatic heterocycles. The molecule has 20 heavy (non-hydrogen) atoms. The van der Waals surface area contributed by atoms with Crippen LogP contribution in [0.15, 0.2) is 12.3 Å². The van der Waals surface area contributed by atoms with Gasteiger partial charge in [0, 0.05) is 24.5 Å². The molecule has 0 spiro atoms. The fourth-order valence-electron chi connectivity index (χ4n) is 2.93. The second kappa shape index (κ2) is 5.35. The lowest BCUT2D eigenvalue weighted by molar-refractivity contribution is 0.415. The number of hydrogen-bond donors (Lipinski definition) is 1. The van der Waals surface area contributed by atoms with Crippen LogP contribution in [-0.2, 0) is 0 Å². The molecule has 1 N–H and O–H groups in total. The summed E-state index contributed by atoms with van der Waals surface area (Å²) in [6, 6.07) is 1.77. The van der Waals surface area contributed by atoms with Crippen molar-refractivity contribution in [3.63, 3.8) is 0 Å². The molecule has 0 saturated heterocycles. The summed E-state index contributed by atoms with van der Waals surface area (Å²) in [6.07, 6.45) is 1.65. The van der Waals surface area contributed by atoms with E-state index in [-0.39, 0.29) is 0 Å². The molecular formula is C15H27FN2OSi. The minimum absolute atomic E-state index is 0.443. The summed E-state index contributed by atoms with van der Waals surface area (Å²) in [5.74, 6) is 1.27. The number of nitrogens with one attached hydrogen (secondary N) is 1. The monoisotopic (exact) mass is 298 g/mol. The summed E-state index contributed by atoms with van der Waals surface area (Å²) in [4.78, 5) is 4.30. The first-order chi connectivity index (χ1) is 8.99. The minimum Gasteiger partial charge on any atom is -0.497 e. The first kappa shape index (κ1) is 16.9. The van der Waals surface area contributed by atoms with E-state index in [1.807, 2.05) is 41.5 Å². The van der Waals surface area contributed by atoms with E-state index in [0.717, 1.165) is 0 Å². The van der Waals surface area contributed by atoms with E-state index in [1.54, 1.807) is 26.4 Å². The van der Waals surface area contributed by atoms with Gasteiger partial charge in [-0.1, -0.05) is 41.5 Å². The van der Waals surface area contributed by atoms with E-state index in [0.29, 0.717) is 16.8 Å². The lowest BCUT2D eigenvalue weighted by Gasteiger charge is -2.45. The summed E-state index contributed by atoms with van der Waals surface area (Å²) in [7, 11) is 0.0234. The van der Waals surface area contributed by atoms with Crippen LogP contribution in [-0.4, -0.2) is 27.5 Å². The molecule has 1 rings (SSSR count). The Kier molecular flexibility index (Phi) is 4.54. The summed E-state index contributed by atoms with van der Waals surface area (Å²) in [5.41, 5.74) is 0.